The first-order valence-electron chi connectivity index (χ1n) is 7.95. The number of amides is 1. The second-order valence-corrected chi connectivity index (χ2v) is 6.90. The Kier molecular flexibility index (Phi) is 3.61. The molecule has 3 aliphatic carbocycles. The lowest BCUT2D eigenvalue weighted by atomic mass is 9.79. The average Bonchev–Trinajstić information content (AvgIpc) is 3.10. The topological polar surface area (TPSA) is 87.7 Å². The molecule has 0 spiro atoms. The molecule has 4 N–H and O–H groups in total. The van der Waals surface area contributed by atoms with Gasteiger partial charge >= 0.3 is 0 Å². The largest absolute Gasteiger partial charge is 0.409 e. The number of hydrogen-bond donors (Lipinski definition) is 3. The van der Waals surface area contributed by atoms with Gasteiger partial charge in [-0.15, -0.1) is 0 Å². The molecule has 3 rings (SSSR count). The number of nitrogens with zero attached hydrogens (tertiary/aromatic N) is 1. The third kappa shape index (κ3) is 2.27. The van der Waals surface area contributed by atoms with Gasteiger partial charge in [0.25, 0.3) is 0 Å². The van der Waals surface area contributed by atoms with Crippen molar-refractivity contribution in [2.24, 2.45) is 28.6 Å². The fourth-order valence-corrected chi connectivity index (χ4v) is 4.59. The summed E-state index contributed by atoms with van der Waals surface area (Å²) in [5.41, 5.74) is 5.29. The number of nitrogens with one attached hydrogen (secondary N) is 1. The summed E-state index contributed by atoms with van der Waals surface area (Å²) in [6.45, 7) is 0. The van der Waals surface area contributed by atoms with E-state index in [2.05, 4.69) is 10.5 Å². The second-order valence-electron chi connectivity index (χ2n) is 6.90. The summed E-state index contributed by atoms with van der Waals surface area (Å²) in [7, 11) is 0. The van der Waals surface area contributed by atoms with Gasteiger partial charge in [-0.2, -0.15) is 0 Å². The highest BCUT2D eigenvalue weighted by Gasteiger charge is 2.46. The van der Waals surface area contributed by atoms with E-state index in [-0.39, 0.29) is 17.7 Å². The van der Waals surface area contributed by atoms with Gasteiger partial charge in [-0.05, 0) is 43.9 Å². The van der Waals surface area contributed by atoms with Gasteiger partial charge in [-0.1, -0.05) is 30.8 Å². The molecule has 3 unspecified atom stereocenters. The maximum atomic E-state index is 12.6. The Labute approximate surface area is 120 Å². The van der Waals surface area contributed by atoms with Crippen LogP contribution in [0.3, 0.4) is 0 Å². The van der Waals surface area contributed by atoms with Crippen molar-refractivity contribution in [1.82, 2.24) is 5.32 Å². The first-order valence-corrected chi connectivity index (χ1v) is 7.95. The van der Waals surface area contributed by atoms with E-state index in [1.165, 1.54) is 19.3 Å². The fraction of sp³-hybridized carbons (Fsp3) is 0.867. The Morgan fingerprint density at radius 1 is 1.20 bits per heavy atom. The molecule has 0 aromatic heterocycles. The highest BCUT2D eigenvalue weighted by Crippen LogP contribution is 2.48. The lowest BCUT2D eigenvalue weighted by Crippen LogP contribution is -2.59. The Bertz CT molecular complexity index is 415. The summed E-state index contributed by atoms with van der Waals surface area (Å²) in [6.07, 6.45) is 9.51. The van der Waals surface area contributed by atoms with E-state index in [0.29, 0.717) is 5.92 Å². The average molecular weight is 279 g/mol. The van der Waals surface area contributed by atoms with Crippen molar-refractivity contribution in [3.8, 4) is 0 Å². The molecular formula is C15H25N3O2. The van der Waals surface area contributed by atoms with Crippen LogP contribution in [0.5, 0.6) is 0 Å². The van der Waals surface area contributed by atoms with Gasteiger partial charge in [0.2, 0.25) is 5.91 Å². The minimum Gasteiger partial charge on any atom is -0.409 e. The van der Waals surface area contributed by atoms with E-state index in [1.807, 2.05) is 0 Å². The van der Waals surface area contributed by atoms with E-state index in [4.69, 9.17) is 10.9 Å². The molecule has 3 fully saturated rings. The number of hydrogen-bond acceptors (Lipinski definition) is 3. The Morgan fingerprint density at radius 3 is 2.50 bits per heavy atom. The van der Waals surface area contributed by atoms with Gasteiger partial charge in [-0.3, -0.25) is 4.79 Å². The molecule has 112 valence electrons. The number of fused-ring (bicyclic) bond motifs is 2. The van der Waals surface area contributed by atoms with Crippen LogP contribution in [0.25, 0.3) is 0 Å². The third-order valence-electron chi connectivity index (χ3n) is 5.74. The number of rotatable bonds is 3. The van der Waals surface area contributed by atoms with E-state index in [1.54, 1.807) is 0 Å². The Hall–Kier alpha value is -1.26. The van der Waals surface area contributed by atoms with Gasteiger partial charge in [0.15, 0.2) is 5.84 Å². The SMILES string of the molecule is N/C(=N/O)C1(NC(=O)C2CC3CCC2C3)CCCCC1. The molecule has 1 amide bonds. The first kappa shape index (κ1) is 13.7. The molecule has 3 atom stereocenters. The molecule has 3 aliphatic rings. The van der Waals surface area contributed by atoms with Crippen LogP contribution in [0.2, 0.25) is 0 Å². The summed E-state index contributed by atoms with van der Waals surface area (Å²) in [5, 5.41) is 15.4. The van der Waals surface area contributed by atoms with Crippen molar-refractivity contribution in [1.29, 1.82) is 0 Å². The fourth-order valence-electron chi connectivity index (χ4n) is 4.59. The maximum Gasteiger partial charge on any atom is 0.224 e. The first-order chi connectivity index (χ1) is 9.64. The van der Waals surface area contributed by atoms with Crippen molar-refractivity contribution >= 4 is 11.7 Å². The Morgan fingerprint density at radius 2 is 1.95 bits per heavy atom. The molecule has 0 radical (unpaired) electrons. The van der Waals surface area contributed by atoms with E-state index in [9.17, 15) is 4.79 Å². The number of nitrogens with two attached hydrogens (primary N) is 1. The van der Waals surface area contributed by atoms with E-state index >= 15 is 0 Å². The van der Waals surface area contributed by atoms with Crippen LogP contribution >= 0.6 is 0 Å². The van der Waals surface area contributed by atoms with Gasteiger partial charge in [0, 0.05) is 5.92 Å². The summed E-state index contributed by atoms with van der Waals surface area (Å²) in [6, 6.07) is 0. The van der Waals surface area contributed by atoms with Crippen LogP contribution in [0.1, 0.15) is 57.8 Å². The number of oxime groups is 1. The zero-order valence-electron chi connectivity index (χ0n) is 12.0. The van der Waals surface area contributed by atoms with Crippen molar-refractivity contribution in [3.63, 3.8) is 0 Å². The van der Waals surface area contributed by atoms with Gasteiger partial charge in [0.1, 0.15) is 5.54 Å². The predicted molar refractivity (Wildman–Crippen MR) is 76.3 cm³/mol. The normalized spacial score (nSPS) is 36.0. The van der Waals surface area contributed by atoms with Crippen LogP contribution in [0.4, 0.5) is 0 Å². The van der Waals surface area contributed by atoms with Crippen LogP contribution in [0.15, 0.2) is 5.16 Å². The van der Waals surface area contributed by atoms with Crippen LogP contribution in [0, 0.1) is 17.8 Å². The minimum absolute atomic E-state index is 0.130. The number of carbonyl (C=O) groups excluding carboxylic acids is 1. The smallest absolute Gasteiger partial charge is 0.224 e. The van der Waals surface area contributed by atoms with E-state index in [0.717, 1.165) is 44.4 Å². The summed E-state index contributed by atoms with van der Waals surface area (Å²) in [5.74, 6) is 1.77. The molecule has 0 aromatic carbocycles. The van der Waals surface area contributed by atoms with E-state index < -0.39 is 5.54 Å². The quantitative estimate of drug-likeness (QED) is 0.319. The summed E-state index contributed by atoms with van der Waals surface area (Å²) in [4.78, 5) is 12.6. The second kappa shape index (κ2) is 5.26. The molecule has 5 heteroatoms. The lowest BCUT2D eigenvalue weighted by molar-refractivity contribution is -0.128. The zero-order chi connectivity index (χ0) is 14.2. The maximum absolute atomic E-state index is 12.6. The molecule has 0 aliphatic heterocycles. The molecule has 0 aromatic rings. The summed E-state index contributed by atoms with van der Waals surface area (Å²) >= 11 is 0. The molecule has 0 saturated heterocycles. The highest BCUT2D eigenvalue weighted by molar-refractivity contribution is 5.94. The van der Waals surface area contributed by atoms with Crippen LogP contribution in [-0.4, -0.2) is 22.5 Å². The third-order valence-corrected chi connectivity index (χ3v) is 5.74. The molecular weight excluding hydrogens is 254 g/mol. The molecule has 3 saturated carbocycles. The number of carbonyl (C=O) groups is 1. The zero-order valence-corrected chi connectivity index (χ0v) is 12.0. The Balaban J connectivity index is 1.71. The van der Waals surface area contributed by atoms with Crippen molar-refractivity contribution in [2.45, 2.75) is 63.3 Å². The van der Waals surface area contributed by atoms with Crippen molar-refractivity contribution in [2.75, 3.05) is 0 Å². The molecule has 2 bridgehead atoms. The summed E-state index contributed by atoms with van der Waals surface area (Å²) < 4.78 is 0. The standard InChI is InChI=1S/C15H25N3O2/c16-14(18-20)15(6-2-1-3-7-15)17-13(19)12-9-10-4-5-11(12)8-10/h10-12,20H,1-9H2,(H2,16,18)(H,17,19). The monoisotopic (exact) mass is 279 g/mol. The number of amidine groups is 1. The minimum atomic E-state index is -0.605. The van der Waals surface area contributed by atoms with Gasteiger partial charge < -0.3 is 16.3 Å². The van der Waals surface area contributed by atoms with Gasteiger partial charge in [0.05, 0.1) is 0 Å². The molecule has 5 nitrogen and oxygen atoms in total. The molecule has 20 heavy (non-hydrogen) atoms. The van der Waals surface area contributed by atoms with Crippen LogP contribution in [-0.2, 0) is 4.79 Å². The van der Waals surface area contributed by atoms with Crippen LogP contribution < -0.4 is 11.1 Å². The predicted octanol–water partition coefficient (Wildman–Crippen LogP) is 1.99. The van der Waals surface area contributed by atoms with Gasteiger partial charge in [-0.25, -0.2) is 0 Å². The highest BCUT2D eigenvalue weighted by atomic mass is 16.4. The van der Waals surface area contributed by atoms with Crippen molar-refractivity contribution < 1.29 is 10.0 Å². The lowest BCUT2D eigenvalue weighted by Gasteiger charge is -2.38. The van der Waals surface area contributed by atoms with Crippen molar-refractivity contribution in [3.05, 3.63) is 0 Å². The molecule has 0 heterocycles.